The number of unbranched alkanes of at least 4 members (excludes halogenated alkanes) is 24. The number of carbonyl (C=O) groups excluding carboxylic acids is 4. The average molecular weight is 1230 g/mol. The molecule has 0 spiro atoms. The molecule has 0 aromatic heterocycles. The quantitative estimate of drug-likeness (QED) is 0.0173. The topological polar surface area (TPSA) is 325 Å². The monoisotopic (exact) mass is 1230 g/mol. The number of phosphoric ester groups is 3. The zero-order valence-corrected chi connectivity index (χ0v) is 52.0. The lowest BCUT2D eigenvalue weighted by Gasteiger charge is -2.44. The molecular weight excluding hydrogens is 1130 g/mol. The first kappa shape index (κ1) is 74.5. The van der Waals surface area contributed by atoms with E-state index in [0.29, 0.717) is 30.4 Å². The molecule has 8 N–H and O–H groups in total. The largest absolute Gasteiger partial charge is 0.606 e. The number of hydrogen-bond donors (Lipinski definition) is 8. The molecule has 8 atom stereocenters. The van der Waals surface area contributed by atoms with E-state index >= 15 is 0 Å². The van der Waals surface area contributed by atoms with Gasteiger partial charge in [-0.3, -0.25) is 28.2 Å². The number of ketones is 3. The van der Waals surface area contributed by atoms with Gasteiger partial charge in [0.15, 0.2) is 11.9 Å². The van der Waals surface area contributed by atoms with E-state index in [1.54, 1.807) is 48.5 Å². The number of amides is 1. The molecule has 0 heterocycles. The number of benzene rings is 2. The molecule has 474 valence electrons. The van der Waals surface area contributed by atoms with Gasteiger partial charge in [-0.25, -0.2) is 9.13 Å². The molecule has 2 aromatic rings. The Bertz CT molecular complexity index is 2200. The maximum Gasteiger partial charge on any atom is 0.470 e. The highest BCUT2D eigenvalue weighted by molar-refractivity contribution is 7.54. The Kier molecular flexibility index (Phi) is 37.9. The van der Waals surface area contributed by atoms with Gasteiger partial charge in [0.1, 0.15) is 48.7 Å². The van der Waals surface area contributed by atoms with Crippen molar-refractivity contribution in [1.82, 2.24) is 5.32 Å². The molecule has 1 saturated carbocycles. The number of phosphoric acid groups is 3. The predicted octanol–water partition coefficient (Wildman–Crippen LogP) is 11.0. The highest BCUT2D eigenvalue weighted by Gasteiger charge is 2.58. The Balaban J connectivity index is 1.71. The minimum absolute atomic E-state index is 0.0374. The van der Waals surface area contributed by atoms with E-state index < -0.39 is 79.6 Å². The summed E-state index contributed by atoms with van der Waals surface area (Å²) in [4.78, 5) is 106. The van der Waals surface area contributed by atoms with Crippen molar-refractivity contribution in [2.24, 2.45) is 5.92 Å². The highest BCUT2D eigenvalue weighted by Crippen LogP contribution is 2.57. The molecule has 0 saturated heterocycles. The summed E-state index contributed by atoms with van der Waals surface area (Å²) in [5, 5.41) is 36.3. The summed E-state index contributed by atoms with van der Waals surface area (Å²) in [6.07, 6.45) is 14.2. The molecule has 0 bridgehead atoms. The molecule has 23 heteroatoms. The van der Waals surface area contributed by atoms with Gasteiger partial charge < -0.3 is 45.1 Å². The Morgan fingerprint density at radius 2 is 0.976 bits per heavy atom. The van der Waals surface area contributed by atoms with Crippen molar-refractivity contribution in [3.63, 3.8) is 0 Å². The molecular formula is C60H100NO19P3. The van der Waals surface area contributed by atoms with Gasteiger partial charge in [0.05, 0.1) is 12.5 Å². The van der Waals surface area contributed by atoms with E-state index in [1.807, 2.05) is 6.07 Å². The lowest BCUT2D eigenvalue weighted by atomic mass is 9.85. The molecule has 1 aliphatic carbocycles. The Morgan fingerprint density at radius 1 is 0.542 bits per heavy atom. The van der Waals surface area contributed by atoms with Crippen LogP contribution in [0.25, 0.3) is 0 Å². The minimum Gasteiger partial charge on any atom is -0.606 e. The molecule has 1 fully saturated rings. The van der Waals surface area contributed by atoms with Gasteiger partial charge in [0.25, 0.3) is 0 Å². The zero-order chi connectivity index (χ0) is 60.9. The smallest absolute Gasteiger partial charge is 0.470 e. The molecule has 83 heavy (non-hydrogen) atoms. The van der Waals surface area contributed by atoms with Gasteiger partial charge in [-0.05, 0) is 31.2 Å². The number of nitrogens with one attached hydrogen (secondary N) is 1. The second kappa shape index (κ2) is 42.2. The van der Waals surface area contributed by atoms with Crippen LogP contribution in [0.1, 0.15) is 234 Å². The number of hydrogen-bond acceptors (Lipinski definition) is 15. The molecule has 0 aliphatic heterocycles. The van der Waals surface area contributed by atoms with Crippen LogP contribution in [0.3, 0.4) is 0 Å². The van der Waals surface area contributed by atoms with Gasteiger partial charge in [-0.2, -0.15) is 13.6 Å². The SMILES string of the molecule is CCCCCCCCCCCCCCCC(=O)C[C@@H](CO[P+]([O-])(OCCCNC(=O)CCc1ccc(C(=O)c2ccccc2)cc1)O[C@@H]1[C@H](O)[C@H](O)[C@@H](OP(=O)(O)O)[C@H](OP(=O)(O)O)[C@H]1O)C(=O)CCCCCCCCCCCCCCC. The van der Waals surface area contributed by atoms with Crippen molar-refractivity contribution in [3.05, 3.63) is 71.3 Å². The Hall–Kier alpha value is -2.71. The third kappa shape index (κ3) is 32.7. The summed E-state index contributed by atoms with van der Waals surface area (Å²) in [6, 6.07) is 15.7. The van der Waals surface area contributed by atoms with Crippen molar-refractivity contribution in [3.8, 4) is 0 Å². The van der Waals surface area contributed by atoms with Crippen LogP contribution < -0.4 is 10.2 Å². The van der Waals surface area contributed by atoms with E-state index in [9.17, 15) is 68.1 Å². The fraction of sp³-hybridized carbons (Fsp3) is 0.733. The normalized spacial score (nSPS) is 19.5. The standard InChI is InChI=1S/C60H100NO19P3/c1-3-5-7-9-11-13-15-17-19-21-23-25-30-35-51(62)45-50(52(63)36-31-26-24-22-20-18-16-14-12-10-8-6-4-2)46-77-83(75,80-58-55(66)56(67)59(78-81(69,70)71)60(57(58)68)79-82(72,73)74)76-44-32-43-61-53(64)42-39-47-37-40-49(41-38-47)54(65)48-33-28-27-29-34-48/h27-29,33-34,37-38,40-41,50,55-60,66-68H,3-26,30-32,35-36,39,42-46H2,1-2H3,(H,61,64)(H2,69,70,71)(H2,72,73,74)/t50-,55+,56-,57-,58+,59+,60+,83?/m0/s1. The number of carbonyl (C=O) groups is 4. The van der Waals surface area contributed by atoms with Crippen LogP contribution in [0.15, 0.2) is 54.6 Å². The van der Waals surface area contributed by atoms with Crippen LogP contribution in [0.2, 0.25) is 0 Å². The Labute approximate surface area is 494 Å². The van der Waals surface area contributed by atoms with E-state index in [-0.39, 0.29) is 61.9 Å². The number of Topliss-reactive ketones (excluding diaryl/α,β-unsaturated/α-hetero) is 2. The van der Waals surface area contributed by atoms with Gasteiger partial charge in [0, 0.05) is 43.4 Å². The maximum absolute atomic E-state index is 14.8. The van der Waals surface area contributed by atoms with Crippen molar-refractivity contribution in [2.45, 2.75) is 256 Å². The minimum atomic E-state index is -5.66. The zero-order valence-electron chi connectivity index (χ0n) is 49.4. The predicted molar refractivity (Wildman–Crippen MR) is 317 cm³/mol. The van der Waals surface area contributed by atoms with Crippen LogP contribution in [0.4, 0.5) is 0 Å². The van der Waals surface area contributed by atoms with E-state index in [1.165, 1.54) is 96.3 Å². The lowest BCUT2D eigenvalue weighted by Crippen LogP contribution is -2.65. The molecule has 1 unspecified atom stereocenters. The highest BCUT2D eigenvalue weighted by atomic mass is 31.2. The second-order valence-corrected chi connectivity index (χ2v) is 26.2. The summed E-state index contributed by atoms with van der Waals surface area (Å²) in [5.74, 6) is -2.22. The van der Waals surface area contributed by atoms with Crippen molar-refractivity contribution >= 4 is 47.1 Å². The van der Waals surface area contributed by atoms with Gasteiger partial charge >= 0.3 is 23.8 Å². The molecule has 1 amide bonds. The second-order valence-electron chi connectivity index (χ2n) is 22.2. The van der Waals surface area contributed by atoms with Crippen LogP contribution in [0, 0.1) is 5.92 Å². The molecule has 0 radical (unpaired) electrons. The lowest BCUT2D eigenvalue weighted by molar-refractivity contribution is -0.276. The summed E-state index contributed by atoms with van der Waals surface area (Å²) in [6.45, 7) is 3.16. The van der Waals surface area contributed by atoms with E-state index in [2.05, 4.69) is 28.2 Å². The van der Waals surface area contributed by atoms with Crippen LogP contribution in [0.5, 0.6) is 0 Å². The summed E-state index contributed by atoms with van der Waals surface area (Å²) in [5.41, 5.74) is 1.84. The molecule has 3 rings (SSSR count). The van der Waals surface area contributed by atoms with Crippen molar-refractivity contribution in [1.29, 1.82) is 0 Å². The van der Waals surface area contributed by atoms with Gasteiger partial charge in [-0.15, -0.1) is 0 Å². The molecule has 1 aliphatic rings. The fourth-order valence-electron chi connectivity index (χ4n) is 10.2. The van der Waals surface area contributed by atoms with Crippen LogP contribution >= 0.6 is 23.8 Å². The first-order valence-corrected chi connectivity index (χ1v) is 35.3. The number of aliphatic hydroxyl groups is 3. The van der Waals surface area contributed by atoms with Crippen LogP contribution in [-0.2, 0) is 52.6 Å². The average Bonchev–Trinajstić information content (AvgIpc) is 3.06. The maximum atomic E-state index is 14.8. The molecule has 2 aromatic carbocycles. The summed E-state index contributed by atoms with van der Waals surface area (Å²) in [7, 11) is -16.5. The summed E-state index contributed by atoms with van der Waals surface area (Å²) < 4.78 is 49.9. The van der Waals surface area contributed by atoms with Crippen molar-refractivity contribution < 1.29 is 90.7 Å². The Morgan fingerprint density at radius 3 is 1.46 bits per heavy atom. The fourth-order valence-corrected chi connectivity index (χ4v) is 12.8. The van der Waals surface area contributed by atoms with E-state index in [4.69, 9.17) is 13.6 Å². The van der Waals surface area contributed by atoms with Crippen molar-refractivity contribution in [2.75, 3.05) is 19.8 Å². The number of aliphatic hydroxyl groups excluding tert-OH is 3. The molecule has 20 nitrogen and oxygen atoms in total. The first-order chi connectivity index (χ1) is 39.7. The number of aryl methyl sites for hydroxylation is 1. The van der Waals surface area contributed by atoms with Gasteiger partial charge in [-0.1, -0.05) is 223 Å². The number of rotatable bonds is 50. The first-order valence-electron chi connectivity index (χ1n) is 30.8. The van der Waals surface area contributed by atoms with E-state index in [0.717, 1.165) is 63.4 Å². The third-order valence-corrected chi connectivity index (χ3v) is 17.5. The third-order valence-electron chi connectivity index (χ3n) is 15.0. The van der Waals surface area contributed by atoms with Crippen LogP contribution in [-0.4, -0.2) is 115 Å². The summed E-state index contributed by atoms with van der Waals surface area (Å²) >= 11 is 0. The van der Waals surface area contributed by atoms with Gasteiger partial charge in [0.2, 0.25) is 5.91 Å².